The van der Waals surface area contributed by atoms with Crippen LogP contribution in [0.4, 0.5) is 5.69 Å². The van der Waals surface area contributed by atoms with Crippen molar-refractivity contribution in [2.24, 2.45) is 0 Å². The van der Waals surface area contributed by atoms with Crippen LogP contribution in [-0.2, 0) is 19.6 Å². The summed E-state index contributed by atoms with van der Waals surface area (Å²) < 4.78 is 31.9. The van der Waals surface area contributed by atoms with Crippen LogP contribution in [0.15, 0.2) is 57.9 Å². The second kappa shape index (κ2) is 9.81. The van der Waals surface area contributed by atoms with Crippen molar-refractivity contribution in [2.75, 3.05) is 25.0 Å². The Kier molecular flexibility index (Phi) is 7.73. The topological polar surface area (TPSA) is 92.8 Å². The molecule has 0 saturated carbocycles. The van der Waals surface area contributed by atoms with Gasteiger partial charge in [0.2, 0.25) is 10.0 Å². The number of carbonyl (C=O) groups is 2. The summed E-state index contributed by atoms with van der Waals surface area (Å²) in [6.07, 6.45) is 0. The van der Waals surface area contributed by atoms with Gasteiger partial charge in [-0.25, -0.2) is 13.2 Å². The lowest BCUT2D eigenvalue weighted by molar-refractivity contribution is -0.119. The molecule has 0 heterocycles. The maximum atomic E-state index is 12.4. The number of benzene rings is 2. The molecular formula is C19H21BrN2O5S. The molecule has 1 N–H and O–H groups in total. The zero-order valence-electron chi connectivity index (χ0n) is 15.5. The van der Waals surface area contributed by atoms with Crippen LogP contribution in [0.5, 0.6) is 0 Å². The quantitative estimate of drug-likeness (QED) is 0.600. The number of esters is 1. The number of hydrogen-bond acceptors (Lipinski definition) is 5. The molecule has 0 spiro atoms. The minimum absolute atomic E-state index is 0.0967. The summed E-state index contributed by atoms with van der Waals surface area (Å²) in [6.45, 7) is 3.77. The molecule has 28 heavy (non-hydrogen) atoms. The van der Waals surface area contributed by atoms with Gasteiger partial charge in [0.15, 0.2) is 6.61 Å². The maximum absolute atomic E-state index is 12.4. The predicted octanol–water partition coefficient (Wildman–Crippen LogP) is 3.28. The fourth-order valence-electron chi connectivity index (χ4n) is 2.44. The molecule has 2 aromatic rings. The third kappa shape index (κ3) is 5.40. The van der Waals surface area contributed by atoms with Gasteiger partial charge < -0.3 is 10.1 Å². The summed E-state index contributed by atoms with van der Waals surface area (Å²) in [5.41, 5.74) is 0.724. The summed E-state index contributed by atoms with van der Waals surface area (Å²) in [6, 6.07) is 12.5. The van der Waals surface area contributed by atoms with Gasteiger partial charge in [-0.3, -0.25) is 4.79 Å². The van der Waals surface area contributed by atoms with E-state index < -0.39 is 28.5 Å². The number of hydrogen-bond donors (Lipinski definition) is 1. The van der Waals surface area contributed by atoms with Gasteiger partial charge in [-0.05, 0) is 52.3 Å². The monoisotopic (exact) mass is 468 g/mol. The van der Waals surface area contributed by atoms with Crippen molar-refractivity contribution in [2.45, 2.75) is 18.7 Å². The fourth-order valence-corrected chi connectivity index (χ4v) is 4.28. The number of anilines is 1. The van der Waals surface area contributed by atoms with Gasteiger partial charge in [-0.2, -0.15) is 4.31 Å². The summed E-state index contributed by atoms with van der Waals surface area (Å²) in [7, 11) is -3.60. The highest BCUT2D eigenvalue weighted by Gasteiger charge is 2.22. The van der Waals surface area contributed by atoms with E-state index in [2.05, 4.69) is 21.2 Å². The first-order valence-electron chi connectivity index (χ1n) is 8.61. The Bertz CT molecular complexity index is 941. The van der Waals surface area contributed by atoms with E-state index in [1.54, 1.807) is 32.0 Å². The lowest BCUT2D eigenvalue weighted by atomic mass is 10.2. The minimum Gasteiger partial charge on any atom is -0.452 e. The highest BCUT2D eigenvalue weighted by atomic mass is 79.9. The van der Waals surface area contributed by atoms with Crippen LogP contribution in [0.25, 0.3) is 0 Å². The molecule has 7 nitrogen and oxygen atoms in total. The molecule has 0 radical (unpaired) electrons. The Hall–Kier alpha value is -2.23. The highest BCUT2D eigenvalue weighted by molar-refractivity contribution is 9.10. The second-order valence-electron chi connectivity index (χ2n) is 5.72. The Balaban J connectivity index is 1.98. The number of rotatable bonds is 8. The number of ether oxygens (including phenoxy) is 1. The van der Waals surface area contributed by atoms with Crippen LogP contribution >= 0.6 is 15.9 Å². The molecule has 0 atom stereocenters. The molecule has 0 saturated heterocycles. The minimum atomic E-state index is -3.60. The second-order valence-corrected chi connectivity index (χ2v) is 8.51. The zero-order valence-corrected chi connectivity index (χ0v) is 17.9. The molecule has 9 heteroatoms. The first-order chi connectivity index (χ1) is 13.3. The van der Waals surface area contributed by atoms with E-state index in [0.717, 1.165) is 0 Å². The molecule has 2 aromatic carbocycles. The number of para-hydroxylation sites is 1. The molecule has 0 unspecified atom stereocenters. The van der Waals surface area contributed by atoms with E-state index in [9.17, 15) is 18.0 Å². The van der Waals surface area contributed by atoms with Gasteiger partial charge in [0.05, 0.1) is 16.1 Å². The molecule has 0 aromatic heterocycles. The summed E-state index contributed by atoms with van der Waals surface area (Å²) >= 11 is 3.31. The number of nitrogens with zero attached hydrogens (tertiary/aromatic N) is 1. The molecule has 150 valence electrons. The molecular weight excluding hydrogens is 448 g/mol. The Morgan fingerprint density at radius 2 is 1.64 bits per heavy atom. The normalized spacial score (nSPS) is 11.3. The molecule has 2 rings (SSSR count). The highest BCUT2D eigenvalue weighted by Crippen LogP contribution is 2.21. The van der Waals surface area contributed by atoms with Gasteiger partial charge in [0.1, 0.15) is 0 Å². The van der Waals surface area contributed by atoms with E-state index >= 15 is 0 Å². The van der Waals surface area contributed by atoms with Crippen molar-refractivity contribution in [3.8, 4) is 0 Å². The predicted molar refractivity (Wildman–Crippen MR) is 110 cm³/mol. The van der Waals surface area contributed by atoms with Crippen LogP contribution in [-0.4, -0.2) is 44.3 Å². The summed E-state index contributed by atoms with van der Waals surface area (Å²) in [5, 5.41) is 2.62. The van der Waals surface area contributed by atoms with Crippen molar-refractivity contribution in [1.29, 1.82) is 0 Å². The van der Waals surface area contributed by atoms with E-state index in [1.807, 2.05) is 6.07 Å². The third-order valence-corrected chi connectivity index (χ3v) is 6.67. The number of amides is 1. The Morgan fingerprint density at radius 3 is 2.21 bits per heavy atom. The number of nitrogens with one attached hydrogen (secondary N) is 1. The number of sulfonamides is 1. The first-order valence-corrected chi connectivity index (χ1v) is 10.8. The fraction of sp³-hybridized carbons (Fsp3) is 0.263. The first kappa shape index (κ1) is 22.1. The van der Waals surface area contributed by atoms with Crippen molar-refractivity contribution in [3.05, 3.63) is 58.6 Å². The number of halogens is 1. The van der Waals surface area contributed by atoms with Crippen molar-refractivity contribution in [3.63, 3.8) is 0 Å². The lowest BCUT2D eigenvalue weighted by Gasteiger charge is -2.18. The smallest absolute Gasteiger partial charge is 0.338 e. The number of carbonyl (C=O) groups excluding carboxylic acids is 2. The third-order valence-electron chi connectivity index (χ3n) is 3.92. The van der Waals surface area contributed by atoms with Gasteiger partial charge in [-0.1, -0.05) is 26.0 Å². The van der Waals surface area contributed by atoms with Gasteiger partial charge in [0.25, 0.3) is 5.91 Å². The average Bonchev–Trinajstić information content (AvgIpc) is 2.68. The van der Waals surface area contributed by atoms with Crippen LogP contribution in [0.2, 0.25) is 0 Å². The Morgan fingerprint density at radius 1 is 1.04 bits per heavy atom. The van der Waals surface area contributed by atoms with E-state index in [-0.39, 0.29) is 10.5 Å². The summed E-state index contributed by atoms with van der Waals surface area (Å²) in [5.74, 6) is -1.20. The largest absolute Gasteiger partial charge is 0.452 e. The van der Waals surface area contributed by atoms with E-state index in [1.165, 1.54) is 28.6 Å². The molecule has 0 aliphatic carbocycles. The van der Waals surface area contributed by atoms with Crippen molar-refractivity contribution in [1.82, 2.24) is 4.31 Å². The van der Waals surface area contributed by atoms with Crippen LogP contribution in [0.3, 0.4) is 0 Å². The van der Waals surface area contributed by atoms with Crippen molar-refractivity contribution < 1.29 is 22.7 Å². The van der Waals surface area contributed by atoms with Gasteiger partial charge in [0, 0.05) is 17.6 Å². The SMILES string of the molecule is CCN(CC)S(=O)(=O)c1ccc(C(=O)OCC(=O)Nc2ccccc2Br)cc1. The molecule has 0 aliphatic rings. The van der Waals surface area contributed by atoms with Crippen LogP contribution in [0, 0.1) is 0 Å². The molecule has 0 aliphatic heterocycles. The molecule has 1 amide bonds. The standard InChI is InChI=1S/C19H21BrN2O5S/c1-3-22(4-2)28(25,26)15-11-9-14(10-12-15)19(24)27-13-18(23)21-17-8-6-5-7-16(17)20/h5-12H,3-4,13H2,1-2H3,(H,21,23). The molecule has 0 bridgehead atoms. The molecule has 0 fully saturated rings. The van der Waals surface area contributed by atoms with Crippen LogP contribution in [0.1, 0.15) is 24.2 Å². The van der Waals surface area contributed by atoms with Gasteiger partial charge >= 0.3 is 5.97 Å². The van der Waals surface area contributed by atoms with E-state index in [4.69, 9.17) is 4.74 Å². The summed E-state index contributed by atoms with van der Waals surface area (Å²) in [4.78, 5) is 24.1. The zero-order chi connectivity index (χ0) is 20.7. The van der Waals surface area contributed by atoms with Gasteiger partial charge in [-0.15, -0.1) is 0 Å². The van der Waals surface area contributed by atoms with Crippen LogP contribution < -0.4 is 5.32 Å². The lowest BCUT2D eigenvalue weighted by Crippen LogP contribution is -2.30. The van der Waals surface area contributed by atoms with Crippen molar-refractivity contribution >= 4 is 43.5 Å². The maximum Gasteiger partial charge on any atom is 0.338 e. The van der Waals surface area contributed by atoms with E-state index in [0.29, 0.717) is 23.2 Å². The average molecular weight is 469 g/mol. The Labute approximate surface area is 172 Å².